The Balaban J connectivity index is 0.000000267. The molecule has 2 aromatic heterocycles. The predicted molar refractivity (Wildman–Crippen MR) is 243 cm³/mol. The van der Waals surface area contributed by atoms with Gasteiger partial charge in [0.25, 0.3) is 0 Å². The molecule has 0 saturated heterocycles. The number of fused-ring (bicyclic) bond motifs is 1. The normalized spacial score (nSPS) is 11.5. The summed E-state index contributed by atoms with van der Waals surface area (Å²) < 4.78 is 91.5. The zero-order valence-corrected chi connectivity index (χ0v) is 37.8. The first-order valence-electron chi connectivity index (χ1n) is 18.9. The maximum Gasteiger partial charge on any atom is 0.175 e. The van der Waals surface area contributed by atoms with Crippen LogP contribution < -0.4 is 15.4 Å². The molecule has 0 aliphatic carbocycles. The molecule has 17 heteroatoms. The van der Waals surface area contributed by atoms with Crippen LogP contribution in [0.4, 0.5) is 15.9 Å². The van der Waals surface area contributed by atoms with Crippen molar-refractivity contribution in [2.75, 3.05) is 36.4 Å². The standard InChI is InChI=1S/C29H26ClFN4O4S.2C8H10O2S/c1-40(36,37)12-11-32-16-23-7-10-27(39-23)20-5-8-26-24(14-20)29(34-18-33-26)35-22-6-9-28(25(30)15-22)38-17-19-3-2-4-21(31)13-19;2*1-7-3-5-8(6-4-7)11(2,9)10/h2-10,13-15,18,32H,11-12,16-17H2,1H3,(H,33,34,35);2*3-6H,1-2H3. The Morgan fingerprint density at radius 3 is 1.95 bits per heavy atom. The summed E-state index contributed by atoms with van der Waals surface area (Å²) in [5.41, 5.74) is 5.13. The molecule has 12 nitrogen and oxygen atoms in total. The van der Waals surface area contributed by atoms with E-state index in [4.69, 9.17) is 20.8 Å². The fraction of sp³-hybridized carbons (Fsp3) is 0.200. The van der Waals surface area contributed by atoms with Gasteiger partial charge in [-0.25, -0.2) is 39.6 Å². The molecule has 7 aromatic rings. The van der Waals surface area contributed by atoms with E-state index in [-0.39, 0.29) is 18.2 Å². The lowest BCUT2D eigenvalue weighted by Crippen LogP contribution is -2.21. The van der Waals surface area contributed by atoms with E-state index >= 15 is 0 Å². The highest BCUT2D eigenvalue weighted by Gasteiger charge is 2.12. The van der Waals surface area contributed by atoms with Gasteiger partial charge in [0.05, 0.1) is 32.6 Å². The SMILES string of the molecule is CS(=O)(=O)CCNCc1ccc(-c2ccc3ncnc(Nc4ccc(OCc5cccc(F)c5)c(Cl)c4)c3c2)o1.Cc1ccc(S(C)(=O)=O)cc1.Cc1ccc(S(C)(=O)=O)cc1. The molecule has 5 aromatic carbocycles. The largest absolute Gasteiger partial charge is 0.487 e. The summed E-state index contributed by atoms with van der Waals surface area (Å²) in [4.78, 5) is 9.55. The van der Waals surface area contributed by atoms with Gasteiger partial charge in [0.2, 0.25) is 0 Å². The van der Waals surface area contributed by atoms with Crippen molar-refractivity contribution in [3.8, 4) is 17.1 Å². The van der Waals surface area contributed by atoms with Crippen molar-refractivity contribution in [2.24, 2.45) is 0 Å². The van der Waals surface area contributed by atoms with Gasteiger partial charge in [-0.15, -0.1) is 0 Å². The van der Waals surface area contributed by atoms with Gasteiger partial charge in [0.15, 0.2) is 19.7 Å². The van der Waals surface area contributed by atoms with Gasteiger partial charge in [-0.2, -0.15) is 0 Å². The monoisotopic (exact) mass is 920 g/mol. The summed E-state index contributed by atoms with van der Waals surface area (Å²) in [6.07, 6.45) is 5.10. The number of hydrogen-bond donors (Lipinski definition) is 2. The molecule has 0 aliphatic heterocycles. The van der Waals surface area contributed by atoms with Crippen LogP contribution in [0.3, 0.4) is 0 Å². The molecule has 2 N–H and O–H groups in total. The van der Waals surface area contributed by atoms with E-state index in [0.29, 0.717) is 62.2 Å². The highest BCUT2D eigenvalue weighted by Crippen LogP contribution is 2.33. The van der Waals surface area contributed by atoms with E-state index in [1.54, 1.807) is 72.8 Å². The Morgan fingerprint density at radius 1 is 0.726 bits per heavy atom. The number of aryl methyl sites for hydroxylation is 2. The topological polar surface area (TPSA) is 175 Å². The Morgan fingerprint density at radius 2 is 1.37 bits per heavy atom. The molecule has 0 unspecified atom stereocenters. The molecule has 0 radical (unpaired) electrons. The van der Waals surface area contributed by atoms with E-state index in [2.05, 4.69) is 20.6 Å². The highest BCUT2D eigenvalue weighted by molar-refractivity contribution is 7.91. The van der Waals surface area contributed by atoms with Crippen LogP contribution in [0.5, 0.6) is 5.75 Å². The summed E-state index contributed by atoms with van der Waals surface area (Å²) in [6, 6.07) is 34.6. The number of nitrogens with zero attached hydrogens (tertiary/aromatic N) is 2. The minimum absolute atomic E-state index is 0.0664. The summed E-state index contributed by atoms with van der Waals surface area (Å²) in [5.74, 6) is 2.17. The average molecular weight is 922 g/mol. The third-order valence-corrected chi connectivity index (χ3v) is 12.4. The number of ether oxygens (including phenoxy) is 1. The maximum absolute atomic E-state index is 13.4. The van der Waals surface area contributed by atoms with Crippen molar-refractivity contribution in [1.29, 1.82) is 0 Å². The first kappa shape index (κ1) is 47.4. The molecule has 62 heavy (non-hydrogen) atoms. The number of sulfone groups is 3. The van der Waals surface area contributed by atoms with Crippen molar-refractivity contribution in [3.05, 3.63) is 161 Å². The van der Waals surface area contributed by atoms with Gasteiger partial charge in [0, 0.05) is 41.9 Å². The molecule has 7 rings (SSSR count). The summed E-state index contributed by atoms with van der Waals surface area (Å²) in [6.45, 7) is 4.80. The zero-order valence-electron chi connectivity index (χ0n) is 34.6. The lowest BCUT2D eigenvalue weighted by atomic mass is 10.1. The van der Waals surface area contributed by atoms with Gasteiger partial charge < -0.3 is 19.8 Å². The second-order valence-corrected chi connectivity index (χ2v) is 21.1. The van der Waals surface area contributed by atoms with Crippen molar-refractivity contribution >= 4 is 63.5 Å². The maximum atomic E-state index is 13.4. The van der Waals surface area contributed by atoms with E-state index in [1.807, 2.05) is 50.2 Å². The number of aromatic nitrogens is 2. The Bertz CT molecular complexity index is 2890. The summed E-state index contributed by atoms with van der Waals surface area (Å²) in [5, 5.41) is 7.56. The molecule has 2 heterocycles. The molecule has 0 amide bonds. The number of anilines is 2. The van der Waals surface area contributed by atoms with Gasteiger partial charge in [-0.3, -0.25) is 0 Å². The number of nitrogens with one attached hydrogen (secondary N) is 2. The molecular weight excluding hydrogens is 875 g/mol. The fourth-order valence-electron chi connectivity index (χ4n) is 5.60. The lowest BCUT2D eigenvalue weighted by Gasteiger charge is -2.12. The van der Waals surface area contributed by atoms with Gasteiger partial charge >= 0.3 is 0 Å². The highest BCUT2D eigenvalue weighted by atomic mass is 35.5. The van der Waals surface area contributed by atoms with Gasteiger partial charge in [0.1, 0.15) is 51.7 Å². The minimum atomic E-state index is -3.02. The number of halogens is 2. The molecule has 0 aliphatic rings. The Kier molecular flexibility index (Phi) is 16.0. The van der Waals surface area contributed by atoms with Crippen LogP contribution in [-0.2, 0) is 42.7 Å². The van der Waals surface area contributed by atoms with Crippen molar-refractivity contribution < 1.29 is 38.8 Å². The van der Waals surface area contributed by atoms with Crippen LogP contribution in [0.2, 0.25) is 5.02 Å². The third kappa shape index (κ3) is 14.8. The second-order valence-electron chi connectivity index (χ2n) is 14.4. The molecule has 0 bridgehead atoms. The van der Waals surface area contributed by atoms with Crippen molar-refractivity contribution in [3.63, 3.8) is 0 Å². The molecular formula is C45H46ClFN4O8S3. The van der Waals surface area contributed by atoms with Crippen molar-refractivity contribution in [1.82, 2.24) is 15.3 Å². The van der Waals surface area contributed by atoms with Crippen LogP contribution >= 0.6 is 11.6 Å². The average Bonchev–Trinajstić information content (AvgIpc) is 3.68. The lowest BCUT2D eigenvalue weighted by molar-refractivity contribution is 0.306. The van der Waals surface area contributed by atoms with Gasteiger partial charge in [-0.05, 0) is 104 Å². The van der Waals surface area contributed by atoms with E-state index in [0.717, 1.165) is 27.6 Å². The van der Waals surface area contributed by atoms with Crippen molar-refractivity contribution in [2.45, 2.75) is 36.8 Å². The minimum Gasteiger partial charge on any atom is -0.487 e. The van der Waals surface area contributed by atoms with Crippen LogP contribution in [-0.4, -0.2) is 66.3 Å². The van der Waals surface area contributed by atoms with Crippen LogP contribution in [0.15, 0.2) is 142 Å². The van der Waals surface area contributed by atoms with Crippen LogP contribution in [0.25, 0.3) is 22.2 Å². The molecule has 0 fully saturated rings. The molecule has 0 atom stereocenters. The number of furan rings is 1. The molecule has 0 saturated carbocycles. The zero-order chi connectivity index (χ0) is 45.1. The quantitative estimate of drug-likeness (QED) is 0.105. The Hall–Kier alpha value is -5.65. The first-order valence-corrected chi connectivity index (χ1v) is 25.2. The van der Waals surface area contributed by atoms with E-state index in [9.17, 15) is 29.6 Å². The van der Waals surface area contributed by atoms with Gasteiger partial charge in [-0.1, -0.05) is 59.1 Å². The number of hydrogen-bond acceptors (Lipinski definition) is 12. The fourth-order valence-corrected chi connectivity index (χ4v) is 7.61. The van der Waals surface area contributed by atoms with E-state index < -0.39 is 29.5 Å². The third-order valence-electron chi connectivity index (χ3n) is 8.91. The number of benzene rings is 5. The second kappa shape index (κ2) is 20.9. The molecule has 326 valence electrons. The summed E-state index contributed by atoms with van der Waals surface area (Å²) in [7, 11) is -9.06. The Labute approximate surface area is 366 Å². The number of rotatable bonds is 13. The van der Waals surface area contributed by atoms with Crippen LogP contribution in [0.1, 0.15) is 22.5 Å². The molecule has 0 spiro atoms. The van der Waals surface area contributed by atoms with Crippen LogP contribution in [0, 0.1) is 19.7 Å². The first-order chi connectivity index (χ1) is 29.2. The van der Waals surface area contributed by atoms with E-state index in [1.165, 1.54) is 37.2 Å². The summed E-state index contributed by atoms with van der Waals surface area (Å²) >= 11 is 6.47. The predicted octanol–water partition coefficient (Wildman–Crippen LogP) is 8.94. The smallest absolute Gasteiger partial charge is 0.175 e.